The van der Waals surface area contributed by atoms with E-state index in [2.05, 4.69) is 10.0 Å². The highest BCUT2D eigenvalue weighted by molar-refractivity contribution is 7.92. The minimum Gasteiger partial charge on any atom is -0.454 e. The standard InChI is InChI=1S/C18H21N3O5S/c1-12(19)7-8-20-18(22)13-3-2-4-15(9-13)27(23,24)21-14-5-6-16-17(10-14)26-11-25-16/h2-6,9-10,12,21H,7-8,11,19H2,1H3,(H,20,22). The molecule has 1 amide bonds. The van der Waals surface area contributed by atoms with Crippen LogP contribution in [-0.2, 0) is 10.0 Å². The quantitative estimate of drug-likeness (QED) is 0.661. The molecule has 0 saturated carbocycles. The van der Waals surface area contributed by atoms with E-state index in [1.807, 2.05) is 6.92 Å². The van der Waals surface area contributed by atoms with Gasteiger partial charge in [-0.3, -0.25) is 9.52 Å². The van der Waals surface area contributed by atoms with Gasteiger partial charge in [-0.05, 0) is 43.7 Å². The zero-order valence-corrected chi connectivity index (χ0v) is 15.6. The van der Waals surface area contributed by atoms with Crippen LogP contribution >= 0.6 is 0 Å². The summed E-state index contributed by atoms with van der Waals surface area (Å²) in [5, 5.41) is 2.72. The lowest BCUT2D eigenvalue weighted by Crippen LogP contribution is -2.29. The molecule has 2 aromatic carbocycles. The van der Waals surface area contributed by atoms with Gasteiger partial charge < -0.3 is 20.5 Å². The normalized spacial score (nSPS) is 13.9. The third-order valence-corrected chi connectivity index (χ3v) is 5.30. The number of amides is 1. The van der Waals surface area contributed by atoms with E-state index in [0.717, 1.165) is 0 Å². The molecular formula is C18H21N3O5S. The van der Waals surface area contributed by atoms with Crippen molar-refractivity contribution < 1.29 is 22.7 Å². The lowest BCUT2D eigenvalue weighted by Gasteiger charge is -2.11. The van der Waals surface area contributed by atoms with Gasteiger partial charge in [0.15, 0.2) is 11.5 Å². The van der Waals surface area contributed by atoms with E-state index in [4.69, 9.17) is 15.2 Å². The average Bonchev–Trinajstić information content (AvgIpc) is 3.09. The Labute approximate surface area is 157 Å². The van der Waals surface area contributed by atoms with E-state index < -0.39 is 10.0 Å². The van der Waals surface area contributed by atoms with E-state index in [1.54, 1.807) is 24.3 Å². The number of ether oxygens (including phenoxy) is 2. The van der Waals surface area contributed by atoms with Crippen LogP contribution < -0.4 is 25.2 Å². The van der Waals surface area contributed by atoms with Crippen LogP contribution in [0.2, 0.25) is 0 Å². The van der Waals surface area contributed by atoms with Crippen molar-refractivity contribution in [1.29, 1.82) is 0 Å². The third kappa shape index (κ3) is 4.69. The van der Waals surface area contributed by atoms with Gasteiger partial charge in [0.1, 0.15) is 0 Å². The number of nitrogens with two attached hydrogens (primary N) is 1. The molecule has 4 N–H and O–H groups in total. The Hall–Kier alpha value is -2.78. The average molecular weight is 391 g/mol. The van der Waals surface area contributed by atoms with Crippen LogP contribution in [0.15, 0.2) is 47.4 Å². The second kappa shape index (κ2) is 7.85. The molecule has 9 heteroatoms. The van der Waals surface area contributed by atoms with Crippen molar-refractivity contribution in [1.82, 2.24) is 5.32 Å². The summed E-state index contributed by atoms with van der Waals surface area (Å²) in [6, 6.07) is 10.6. The monoisotopic (exact) mass is 391 g/mol. The molecule has 0 radical (unpaired) electrons. The van der Waals surface area contributed by atoms with Gasteiger partial charge >= 0.3 is 0 Å². The fourth-order valence-corrected chi connectivity index (χ4v) is 3.59. The minimum absolute atomic E-state index is 0.0139. The summed E-state index contributed by atoms with van der Waals surface area (Å²) in [6.45, 7) is 2.37. The third-order valence-electron chi connectivity index (χ3n) is 3.92. The molecule has 1 aliphatic heterocycles. The SMILES string of the molecule is CC(N)CCNC(=O)c1cccc(S(=O)(=O)Nc2ccc3c(c2)OCO3)c1. The lowest BCUT2D eigenvalue weighted by atomic mass is 10.2. The molecule has 0 fully saturated rings. The highest BCUT2D eigenvalue weighted by Gasteiger charge is 2.19. The van der Waals surface area contributed by atoms with Crippen molar-refractivity contribution >= 4 is 21.6 Å². The number of carbonyl (C=O) groups excluding carboxylic acids is 1. The number of rotatable bonds is 7. The zero-order valence-electron chi connectivity index (χ0n) is 14.8. The van der Waals surface area contributed by atoms with Crippen LogP contribution in [0.5, 0.6) is 11.5 Å². The highest BCUT2D eigenvalue weighted by Crippen LogP contribution is 2.34. The minimum atomic E-state index is -3.87. The Kier molecular flexibility index (Phi) is 5.52. The number of fused-ring (bicyclic) bond motifs is 1. The summed E-state index contributed by atoms with van der Waals surface area (Å²) in [6.07, 6.45) is 0.634. The van der Waals surface area contributed by atoms with Gasteiger partial charge in [0.25, 0.3) is 15.9 Å². The largest absolute Gasteiger partial charge is 0.454 e. The summed E-state index contributed by atoms with van der Waals surface area (Å²) < 4.78 is 38.2. The van der Waals surface area contributed by atoms with Crippen LogP contribution in [0.4, 0.5) is 5.69 Å². The molecule has 144 valence electrons. The van der Waals surface area contributed by atoms with Gasteiger partial charge in [-0.15, -0.1) is 0 Å². The summed E-state index contributed by atoms with van der Waals surface area (Å²) in [7, 11) is -3.87. The first-order chi connectivity index (χ1) is 12.8. The Balaban J connectivity index is 1.74. The summed E-state index contributed by atoms with van der Waals surface area (Å²) in [5.41, 5.74) is 6.25. The van der Waals surface area contributed by atoms with E-state index in [-0.39, 0.29) is 29.2 Å². The molecule has 1 unspecified atom stereocenters. The molecule has 0 saturated heterocycles. The Bertz CT molecular complexity index is 944. The smallest absolute Gasteiger partial charge is 0.261 e. The fourth-order valence-electron chi connectivity index (χ4n) is 2.49. The first-order valence-electron chi connectivity index (χ1n) is 8.41. The summed E-state index contributed by atoms with van der Waals surface area (Å²) in [4.78, 5) is 12.2. The summed E-state index contributed by atoms with van der Waals surface area (Å²) >= 11 is 0. The predicted octanol–water partition coefficient (Wildman–Crippen LogP) is 1.68. The molecule has 1 aliphatic rings. The number of anilines is 1. The number of carbonyl (C=O) groups is 1. The molecule has 3 rings (SSSR count). The van der Waals surface area contributed by atoms with Gasteiger partial charge in [0.05, 0.1) is 10.6 Å². The van der Waals surface area contributed by atoms with Crippen molar-refractivity contribution in [3.05, 3.63) is 48.0 Å². The fraction of sp³-hybridized carbons (Fsp3) is 0.278. The Morgan fingerprint density at radius 1 is 1.19 bits per heavy atom. The molecule has 2 aromatic rings. The molecule has 1 heterocycles. The lowest BCUT2D eigenvalue weighted by molar-refractivity contribution is 0.0952. The van der Waals surface area contributed by atoms with E-state index in [0.29, 0.717) is 30.2 Å². The Morgan fingerprint density at radius 3 is 2.74 bits per heavy atom. The number of nitrogens with one attached hydrogen (secondary N) is 2. The number of hydrogen-bond donors (Lipinski definition) is 3. The first kappa shape index (κ1) is 19.0. The molecule has 8 nitrogen and oxygen atoms in total. The van der Waals surface area contributed by atoms with Gasteiger partial charge in [0.2, 0.25) is 6.79 Å². The van der Waals surface area contributed by atoms with Crippen molar-refractivity contribution in [2.75, 3.05) is 18.1 Å². The van der Waals surface area contributed by atoms with Crippen molar-refractivity contribution in [3.8, 4) is 11.5 Å². The highest BCUT2D eigenvalue weighted by atomic mass is 32.2. The number of hydrogen-bond acceptors (Lipinski definition) is 6. The van der Waals surface area contributed by atoms with Gasteiger partial charge in [-0.1, -0.05) is 6.07 Å². The molecule has 0 spiro atoms. The summed E-state index contributed by atoms with van der Waals surface area (Å²) in [5.74, 6) is 0.677. The maximum atomic E-state index is 12.6. The molecule has 0 bridgehead atoms. The topological polar surface area (TPSA) is 120 Å². The van der Waals surface area contributed by atoms with Crippen LogP contribution in [-0.4, -0.2) is 33.7 Å². The molecule has 0 aromatic heterocycles. The molecule has 1 atom stereocenters. The van der Waals surface area contributed by atoms with Crippen LogP contribution in [0, 0.1) is 0 Å². The van der Waals surface area contributed by atoms with Crippen molar-refractivity contribution in [3.63, 3.8) is 0 Å². The van der Waals surface area contributed by atoms with E-state index in [1.165, 1.54) is 18.2 Å². The van der Waals surface area contributed by atoms with Crippen molar-refractivity contribution in [2.45, 2.75) is 24.3 Å². The van der Waals surface area contributed by atoms with Crippen LogP contribution in [0.25, 0.3) is 0 Å². The number of benzene rings is 2. The van der Waals surface area contributed by atoms with Crippen LogP contribution in [0.1, 0.15) is 23.7 Å². The Morgan fingerprint density at radius 2 is 1.96 bits per heavy atom. The second-order valence-corrected chi connectivity index (χ2v) is 7.91. The van der Waals surface area contributed by atoms with E-state index >= 15 is 0 Å². The molecule has 0 aliphatic carbocycles. The van der Waals surface area contributed by atoms with Gasteiger partial charge in [-0.25, -0.2) is 8.42 Å². The maximum Gasteiger partial charge on any atom is 0.261 e. The first-order valence-corrected chi connectivity index (χ1v) is 9.90. The predicted molar refractivity (Wildman–Crippen MR) is 100 cm³/mol. The van der Waals surface area contributed by atoms with Gasteiger partial charge in [0, 0.05) is 24.2 Å². The molecular weight excluding hydrogens is 370 g/mol. The zero-order chi connectivity index (χ0) is 19.4. The second-order valence-electron chi connectivity index (χ2n) is 6.22. The number of sulfonamides is 1. The van der Waals surface area contributed by atoms with Crippen LogP contribution in [0.3, 0.4) is 0 Å². The molecule has 27 heavy (non-hydrogen) atoms. The maximum absolute atomic E-state index is 12.6. The van der Waals surface area contributed by atoms with Gasteiger partial charge in [-0.2, -0.15) is 0 Å². The van der Waals surface area contributed by atoms with Crippen molar-refractivity contribution in [2.24, 2.45) is 5.73 Å². The van der Waals surface area contributed by atoms with E-state index in [9.17, 15) is 13.2 Å².